The predicted octanol–water partition coefficient (Wildman–Crippen LogP) is 4.83. The Morgan fingerprint density at radius 3 is 2.62 bits per heavy atom. The summed E-state index contributed by atoms with van der Waals surface area (Å²) >= 11 is 1.76. The maximum Gasteiger partial charge on any atom is 0.307 e. The van der Waals surface area contributed by atoms with Crippen molar-refractivity contribution in [3.05, 3.63) is 60.2 Å². The van der Waals surface area contributed by atoms with Crippen molar-refractivity contribution in [2.24, 2.45) is 0 Å². The van der Waals surface area contributed by atoms with Gasteiger partial charge in [0.05, 0.1) is 6.42 Å². The number of carbonyl (C=O) groups is 1. The fraction of sp³-hybridized carbons (Fsp3) is 0.0556. The van der Waals surface area contributed by atoms with Crippen LogP contribution in [0.4, 0.5) is 0 Å². The molecule has 0 bridgehead atoms. The predicted molar refractivity (Wildman–Crippen MR) is 88.2 cm³/mol. The second-order valence-electron chi connectivity index (χ2n) is 5.16. The van der Waals surface area contributed by atoms with Gasteiger partial charge in [-0.2, -0.15) is 0 Å². The number of carboxylic acid groups (broad SMARTS) is 1. The number of benzene rings is 3. The van der Waals surface area contributed by atoms with E-state index in [-0.39, 0.29) is 6.42 Å². The van der Waals surface area contributed by atoms with Crippen LogP contribution >= 0.6 is 11.3 Å². The Labute approximate surface area is 125 Å². The van der Waals surface area contributed by atoms with Crippen LogP contribution in [0.3, 0.4) is 0 Å². The minimum Gasteiger partial charge on any atom is -0.481 e. The Bertz CT molecular complexity index is 998. The molecule has 2 nitrogen and oxygen atoms in total. The van der Waals surface area contributed by atoms with Gasteiger partial charge in [0.2, 0.25) is 0 Å². The number of carboxylic acids is 1. The first kappa shape index (κ1) is 12.4. The van der Waals surface area contributed by atoms with Gasteiger partial charge in [0, 0.05) is 20.2 Å². The molecular weight excluding hydrogens is 280 g/mol. The van der Waals surface area contributed by atoms with Crippen molar-refractivity contribution in [1.29, 1.82) is 0 Å². The molecule has 0 aliphatic rings. The molecule has 0 aliphatic carbocycles. The molecule has 21 heavy (non-hydrogen) atoms. The highest BCUT2D eigenvalue weighted by molar-refractivity contribution is 7.25. The standard InChI is InChI=1S/C18H12O2S/c19-18(20)9-12-5-3-4-11-8-15-13-6-1-2-7-16(13)21-17(15)10-14(11)12/h1-8,10H,9H2,(H,19,20). The van der Waals surface area contributed by atoms with Crippen LogP contribution in [-0.2, 0) is 11.2 Å². The van der Waals surface area contributed by atoms with Gasteiger partial charge in [-0.25, -0.2) is 0 Å². The normalized spacial score (nSPS) is 11.4. The van der Waals surface area contributed by atoms with E-state index in [0.29, 0.717) is 0 Å². The lowest BCUT2D eigenvalue weighted by Gasteiger charge is -2.05. The lowest BCUT2D eigenvalue weighted by atomic mass is 10.00. The van der Waals surface area contributed by atoms with Crippen LogP contribution in [0.1, 0.15) is 5.56 Å². The third kappa shape index (κ3) is 1.98. The fourth-order valence-corrected chi connectivity index (χ4v) is 4.01. The second kappa shape index (κ2) is 4.57. The summed E-state index contributed by atoms with van der Waals surface area (Å²) in [6.45, 7) is 0. The minimum atomic E-state index is -0.793. The Morgan fingerprint density at radius 1 is 0.905 bits per heavy atom. The molecule has 1 N–H and O–H groups in total. The molecule has 0 saturated heterocycles. The zero-order valence-corrected chi connectivity index (χ0v) is 12.0. The van der Waals surface area contributed by atoms with Crippen molar-refractivity contribution >= 4 is 48.3 Å². The molecule has 0 aliphatic heterocycles. The van der Waals surface area contributed by atoms with Gasteiger partial charge in [-0.1, -0.05) is 36.4 Å². The largest absolute Gasteiger partial charge is 0.481 e. The van der Waals surface area contributed by atoms with E-state index in [1.807, 2.05) is 24.3 Å². The summed E-state index contributed by atoms with van der Waals surface area (Å²) in [6.07, 6.45) is 0.0632. The summed E-state index contributed by atoms with van der Waals surface area (Å²) in [7, 11) is 0. The third-order valence-electron chi connectivity index (χ3n) is 3.81. The summed E-state index contributed by atoms with van der Waals surface area (Å²) < 4.78 is 2.48. The highest BCUT2D eigenvalue weighted by Gasteiger charge is 2.09. The molecule has 0 spiro atoms. The summed E-state index contributed by atoms with van der Waals surface area (Å²) in [5.74, 6) is -0.793. The molecule has 3 aromatic carbocycles. The SMILES string of the molecule is O=C(O)Cc1cccc2cc3c(cc12)sc1ccccc13. The average Bonchev–Trinajstić information content (AvgIpc) is 2.83. The quantitative estimate of drug-likeness (QED) is 0.574. The highest BCUT2D eigenvalue weighted by Crippen LogP contribution is 2.37. The first-order valence-electron chi connectivity index (χ1n) is 6.77. The number of hydrogen-bond donors (Lipinski definition) is 1. The molecular formula is C18H12O2S. The lowest BCUT2D eigenvalue weighted by molar-refractivity contribution is -0.136. The number of rotatable bonds is 2. The molecule has 0 amide bonds. The maximum atomic E-state index is 11.0. The van der Waals surface area contributed by atoms with Crippen LogP contribution < -0.4 is 0 Å². The van der Waals surface area contributed by atoms with Crippen LogP contribution in [0.5, 0.6) is 0 Å². The Morgan fingerprint density at radius 2 is 1.76 bits per heavy atom. The van der Waals surface area contributed by atoms with Crippen molar-refractivity contribution in [3.8, 4) is 0 Å². The zero-order chi connectivity index (χ0) is 14.4. The molecule has 0 saturated carbocycles. The molecule has 4 rings (SSSR count). The summed E-state index contributed by atoms with van der Waals surface area (Å²) in [4.78, 5) is 11.0. The van der Waals surface area contributed by atoms with Crippen molar-refractivity contribution in [2.45, 2.75) is 6.42 Å². The molecule has 1 aromatic heterocycles. The Hall–Kier alpha value is -2.39. The molecule has 3 heteroatoms. The number of fused-ring (bicyclic) bond motifs is 4. The lowest BCUT2D eigenvalue weighted by Crippen LogP contribution is -2.00. The molecule has 0 radical (unpaired) electrons. The van der Waals surface area contributed by atoms with E-state index in [1.165, 1.54) is 20.2 Å². The summed E-state index contributed by atoms with van der Waals surface area (Å²) in [5.41, 5.74) is 0.874. The Balaban J connectivity index is 2.09. The molecule has 0 fully saturated rings. The zero-order valence-electron chi connectivity index (χ0n) is 11.2. The van der Waals surface area contributed by atoms with Crippen molar-refractivity contribution in [3.63, 3.8) is 0 Å². The monoisotopic (exact) mass is 292 g/mol. The first-order valence-corrected chi connectivity index (χ1v) is 7.59. The Kier molecular flexibility index (Phi) is 2.69. The van der Waals surface area contributed by atoms with Crippen LogP contribution in [0.15, 0.2) is 54.6 Å². The molecule has 4 aromatic rings. The van der Waals surface area contributed by atoms with Gasteiger partial charge in [-0.3, -0.25) is 4.79 Å². The van der Waals surface area contributed by atoms with Gasteiger partial charge in [0.15, 0.2) is 0 Å². The van der Waals surface area contributed by atoms with E-state index in [9.17, 15) is 4.79 Å². The fourth-order valence-electron chi connectivity index (χ4n) is 2.88. The third-order valence-corrected chi connectivity index (χ3v) is 4.94. The number of aliphatic carboxylic acids is 1. The van der Waals surface area contributed by atoms with Crippen molar-refractivity contribution < 1.29 is 9.90 Å². The van der Waals surface area contributed by atoms with Crippen LogP contribution in [0.2, 0.25) is 0 Å². The molecule has 102 valence electrons. The van der Waals surface area contributed by atoms with Gasteiger partial charge < -0.3 is 5.11 Å². The smallest absolute Gasteiger partial charge is 0.307 e. The average molecular weight is 292 g/mol. The number of hydrogen-bond acceptors (Lipinski definition) is 2. The maximum absolute atomic E-state index is 11.0. The van der Waals surface area contributed by atoms with Gasteiger partial charge >= 0.3 is 5.97 Å². The van der Waals surface area contributed by atoms with Crippen molar-refractivity contribution in [2.75, 3.05) is 0 Å². The summed E-state index contributed by atoms with van der Waals surface area (Å²) in [5, 5.41) is 13.7. The van der Waals surface area contributed by atoms with Crippen LogP contribution in [0, 0.1) is 0 Å². The van der Waals surface area contributed by atoms with E-state index in [4.69, 9.17) is 5.11 Å². The number of thiophene rings is 1. The molecule has 1 heterocycles. The van der Waals surface area contributed by atoms with E-state index >= 15 is 0 Å². The van der Waals surface area contributed by atoms with Gasteiger partial charge in [0.25, 0.3) is 0 Å². The van der Waals surface area contributed by atoms with Gasteiger partial charge in [-0.15, -0.1) is 11.3 Å². The first-order chi connectivity index (χ1) is 10.2. The second-order valence-corrected chi connectivity index (χ2v) is 6.24. The van der Waals surface area contributed by atoms with Crippen molar-refractivity contribution in [1.82, 2.24) is 0 Å². The van der Waals surface area contributed by atoms with E-state index in [0.717, 1.165) is 16.3 Å². The van der Waals surface area contributed by atoms with E-state index in [2.05, 4.69) is 30.3 Å². The van der Waals surface area contributed by atoms with Crippen LogP contribution in [-0.4, -0.2) is 11.1 Å². The minimum absolute atomic E-state index is 0.0632. The summed E-state index contributed by atoms with van der Waals surface area (Å²) in [6, 6.07) is 18.6. The van der Waals surface area contributed by atoms with Gasteiger partial charge in [-0.05, 0) is 34.5 Å². The van der Waals surface area contributed by atoms with Gasteiger partial charge in [0.1, 0.15) is 0 Å². The van der Waals surface area contributed by atoms with E-state index < -0.39 is 5.97 Å². The highest BCUT2D eigenvalue weighted by atomic mass is 32.1. The van der Waals surface area contributed by atoms with E-state index in [1.54, 1.807) is 11.3 Å². The molecule has 0 atom stereocenters. The topological polar surface area (TPSA) is 37.3 Å². The van der Waals surface area contributed by atoms with Crippen LogP contribution in [0.25, 0.3) is 30.9 Å². The molecule has 0 unspecified atom stereocenters.